The lowest BCUT2D eigenvalue weighted by molar-refractivity contribution is -0.126. The van der Waals surface area contributed by atoms with Crippen molar-refractivity contribution in [1.29, 1.82) is 0 Å². The molecule has 0 radical (unpaired) electrons. The molecular formula is C19H17BrN2O5. The lowest BCUT2D eigenvalue weighted by atomic mass is 10.1. The van der Waals surface area contributed by atoms with E-state index in [1.54, 1.807) is 18.2 Å². The highest BCUT2D eigenvalue weighted by atomic mass is 79.9. The number of nitrogens with one attached hydrogen (secondary N) is 1. The van der Waals surface area contributed by atoms with Crippen molar-refractivity contribution in [3.63, 3.8) is 0 Å². The van der Waals surface area contributed by atoms with Crippen molar-refractivity contribution < 1.29 is 23.9 Å². The van der Waals surface area contributed by atoms with Crippen molar-refractivity contribution in [3.05, 3.63) is 64.1 Å². The van der Waals surface area contributed by atoms with E-state index in [0.29, 0.717) is 15.8 Å². The van der Waals surface area contributed by atoms with Crippen molar-refractivity contribution >= 4 is 33.8 Å². The van der Waals surface area contributed by atoms with E-state index in [1.165, 1.54) is 7.11 Å². The van der Waals surface area contributed by atoms with Crippen LogP contribution >= 0.6 is 15.9 Å². The Labute approximate surface area is 164 Å². The summed E-state index contributed by atoms with van der Waals surface area (Å²) < 4.78 is 10.5. The Balaban J connectivity index is 1.86. The average molecular weight is 433 g/mol. The van der Waals surface area contributed by atoms with Crippen LogP contribution in [0.5, 0.6) is 5.75 Å². The molecular weight excluding hydrogens is 416 g/mol. The minimum absolute atomic E-state index is 0.0188. The predicted octanol–water partition coefficient (Wildman–Crippen LogP) is 2.91. The molecule has 1 unspecified atom stereocenters. The first kappa shape index (κ1) is 18.9. The van der Waals surface area contributed by atoms with Gasteiger partial charge >= 0.3 is 6.09 Å². The van der Waals surface area contributed by atoms with Gasteiger partial charge in [0.1, 0.15) is 5.75 Å². The monoisotopic (exact) mass is 432 g/mol. The van der Waals surface area contributed by atoms with Crippen LogP contribution in [0, 0.1) is 0 Å². The van der Waals surface area contributed by atoms with Crippen LogP contribution in [-0.2, 0) is 9.53 Å². The standard InChI is InChI=1S/C19H17BrN2O5/c1-26-13-7-8-15(20)14(9-13)18(24)21-16(12-5-3-2-4-6-12)10-22-17(23)11-27-19(22)25/h2-9,16H,10-11H2,1H3,(H,21,24). The summed E-state index contributed by atoms with van der Waals surface area (Å²) in [4.78, 5) is 37.5. The fourth-order valence-electron chi connectivity index (χ4n) is 2.70. The van der Waals surface area contributed by atoms with Crippen molar-refractivity contribution in [1.82, 2.24) is 10.2 Å². The first-order valence-corrected chi connectivity index (χ1v) is 8.95. The molecule has 8 heteroatoms. The van der Waals surface area contributed by atoms with Crippen LogP contribution in [-0.4, -0.2) is 43.1 Å². The summed E-state index contributed by atoms with van der Waals surface area (Å²) in [6.07, 6.45) is -0.710. The number of carbonyl (C=O) groups excluding carboxylic acids is 3. The summed E-state index contributed by atoms with van der Waals surface area (Å²) >= 11 is 3.36. The van der Waals surface area contributed by atoms with Gasteiger partial charge in [0.25, 0.3) is 11.8 Å². The molecule has 7 nitrogen and oxygen atoms in total. The van der Waals surface area contributed by atoms with E-state index in [1.807, 2.05) is 30.3 Å². The Kier molecular flexibility index (Phi) is 5.75. The van der Waals surface area contributed by atoms with Gasteiger partial charge in [0, 0.05) is 4.47 Å². The molecule has 1 aliphatic heterocycles. The molecule has 2 aromatic rings. The van der Waals surface area contributed by atoms with E-state index in [2.05, 4.69) is 21.2 Å². The molecule has 1 fully saturated rings. The molecule has 1 aliphatic rings. The van der Waals surface area contributed by atoms with Crippen LogP contribution in [0.25, 0.3) is 0 Å². The molecule has 3 amide bonds. The van der Waals surface area contributed by atoms with Gasteiger partial charge in [0.15, 0.2) is 6.61 Å². The van der Waals surface area contributed by atoms with Crippen molar-refractivity contribution in [2.45, 2.75) is 6.04 Å². The maximum absolute atomic E-state index is 12.8. The van der Waals surface area contributed by atoms with E-state index in [4.69, 9.17) is 9.47 Å². The number of carbonyl (C=O) groups is 3. The van der Waals surface area contributed by atoms with Gasteiger partial charge in [-0.05, 0) is 39.7 Å². The molecule has 1 saturated heterocycles. The van der Waals surface area contributed by atoms with Crippen LogP contribution in [0.4, 0.5) is 4.79 Å². The number of cyclic esters (lactones) is 1. The molecule has 1 atom stereocenters. The largest absolute Gasteiger partial charge is 0.497 e. The Morgan fingerprint density at radius 2 is 2.00 bits per heavy atom. The number of nitrogens with zero attached hydrogens (tertiary/aromatic N) is 1. The number of methoxy groups -OCH3 is 1. The summed E-state index contributed by atoms with van der Waals surface area (Å²) in [6, 6.07) is 13.6. The van der Waals surface area contributed by atoms with Gasteiger partial charge in [0.05, 0.1) is 25.3 Å². The summed E-state index contributed by atoms with van der Waals surface area (Å²) in [5.74, 6) is -0.259. The van der Waals surface area contributed by atoms with E-state index in [-0.39, 0.29) is 19.1 Å². The van der Waals surface area contributed by atoms with E-state index in [0.717, 1.165) is 10.5 Å². The fraction of sp³-hybridized carbons (Fsp3) is 0.211. The first-order chi connectivity index (χ1) is 13.0. The number of imide groups is 1. The molecule has 0 aromatic heterocycles. The molecule has 2 aromatic carbocycles. The summed E-state index contributed by atoms with van der Waals surface area (Å²) in [6.45, 7) is -0.301. The van der Waals surface area contributed by atoms with Gasteiger partial charge in [-0.3, -0.25) is 9.59 Å². The summed E-state index contributed by atoms with van der Waals surface area (Å²) in [5.41, 5.74) is 1.14. The smallest absolute Gasteiger partial charge is 0.417 e. The third-order valence-electron chi connectivity index (χ3n) is 4.13. The van der Waals surface area contributed by atoms with Crippen LogP contribution in [0.1, 0.15) is 22.0 Å². The minimum atomic E-state index is -0.710. The SMILES string of the molecule is COc1ccc(Br)c(C(=O)NC(CN2C(=O)COC2=O)c2ccccc2)c1. The van der Waals surface area contributed by atoms with Gasteiger partial charge in [0.2, 0.25) is 0 Å². The van der Waals surface area contributed by atoms with Gasteiger partial charge in [-0.1, -0.05) is 30.3 Å². The number of benzene rings is 2. The van der Waals surface area contributed by atoms with Gasteiger partial charge < -0.3 is 14.8 Å². The highest BCUT2D eigenvalue weighted by Gasteiger charge is 2.34. The zero-order valence-corrected chi connectivity index (χ0v) is 16.1. The molecule has 1 heterocycles. The zero-order valence-electron chi connectivity index (χ0n) is 14.5. The predicted molar refractivity (Wildman–Crippen MR) is 100 cm³/mol. The Morgan fingerprint density at radius 1 is 1.26 bits per heavy atom. The second-order valence-corrected chi connectivity index (χ2v) is 6.70. The van der Waals surface area contributed by atoms with Crippen molar-refractivity contribution in [2.75, 3.05) is 20.3 Å². The van der Waals surface area contributed by atoms with E-state index in [9.17, 15) is 14.4 Å². The van der Waals surface area contributed by atoms with Crippen molar-refractivity contribution in [2.24, 2.45) is 0 Å². The number of ether oxygens (including phenoxy) is 2. The molecule has 0 aliphatic carbocycles. The van der Waals surface area contributed by atoms with Crippen LogP contribution in [0.2, 0.25) is 0 Å². The topological polar surface area (TPSA) is 84.9 Å². The molecule has 27 heavy (non-hydrogen) atoms. The number of hydrogen-bond acceptors (Lipinski definition) is 5. The maximum Gasteiger partial charge on any atom is 0.417 e. The lowest BCUT2D eigenvalue weighted by Gasteiger charge is -2.23. The number of rotatable bonds is 6. The van der Waals surface area contributed by atoms with Gasteiger partial charge in [-0.2, -0.15) is 0 Å². The molecule has 140 valence electrons. The maximum atomic E-state index is 12.8. The molecule has 0 saturated carbocycles. The van der Waals surface area contributed by atoms with Crippen LogP contribution in [0.15, 0.2) is 53.0 Å². The van der Waals surface area contributed by atoms with Crippen molar-refractivity contribution in [3.8, 4) is 5.75 Å². The second-order valence-electron chi connectivity index (χ2n) is 5.84. The number of halogens is 1. The fourth-order valence-corrected chi connectivity index (χ4v) is 3.13. The average Bonchev–Trinajstić information content (AvgIpc) is 3.00. The van der Waals surface area contributed by atoms with Gasteiger partial charge in [-0.25, -0.2) is 9.69 Å². The van der Waals surface area contributed by atoms with Gasteiger partial charge in [-0.15, -0.1) is 0 Å². The second kappa shape index (κ2) is 8.22. The van der Waals surface area contributed by atoms with Crippen LogP contribution in [0.3, 0.4) is 0 Å². The minimum Gasteiger partial charge on any atom is -0.497 e. The summed E-state index contributed by atoms with van der Waals surface area (Å²) in [7, 11) is 1.52. The van der Waals surface area contributed by atoms with E-state index >= 15 is 0 Å². The Morgan fingerprint density at radius 3 is 2.63 bits per heavy atom. The first-order valence-electron chi connectivity index (χ1n) is 8.16. The third kappa shape index (κ3) is 4.28. The number of amides is 3. The Bertz CT molecular complexity index is 856. The lowest BCUT2D eigenvalue weighted by Crippen LogP contribution is -2.40. The quantitative estimate of drug-likeness (QED) is 0.758. The normalized spacial score (nSPS) is 14.7. The summed E-state index contributed by atoms with van der Waals surface area (Å²) in [5, 5.41) is 2.88. The molecule has 1 N–H and O–H groups in total. The molecule has 0 bridgehead atoms. The highest BCUT2D eigenvalue weighted by Crippen LogP contribution is 2.24. The van der Waals surface area contributed by atoms with E-state index < -0.39 is 18.0 Å². The van der Waals surface area contributed by atoms with Crippen LogP contribution < -0.4 is 10.1 Å². The Hall–Kier alpha value is -2.87. The molecule has 0 spiro atoms. The molecule has 3 rings (SSSR count). The number of hydrogen-bond donors (Lipinski definition) is 1. The highest BCUT2D eigenvalue weighted by molar-refractivity contribution is 9.10. The zero-order chi connectivity index (χ0) is 19.4. The third-order valence-corrected chi connectivity index (χ3v) is 4.82.